The quantitative estimate of drug-likeness (QED) is 0.687. The van der Waals surface area contributed by atoms with Crippen LogP contribution in [0.5, 0.6) is 5.75 Å². The van der Waals surface area contributed by atoms with Gasteiger partial charge in [0.1, 0.15) is 12.4 Å². The van der Waals surface area contributed by atoms with Crippen molar-refractivity contribution in [3.8, 4) is 5.75 Å². The van der Waals surface area contributed by atoms with E-state index in [1.54, 1.807) is 0 Å². The number of nitrogens with one attached hydrogen (secondary N) is 2. The second-order valence-electron chi connectivity index (χ2n) is 4.76. The van der Waals surface area contributed by atoms with Gasteiger partial charge in [-0.05, 0) is 12.5 Å². The molecule has 0 spiro atoms. The van der Waals surface area contributed by atoms with Crippen molar-refractivity contribution >= 4 is 5.91 Å². The number of carbonyl (C=O) groups is 1. The number of fused-ring (bicyclic) bond motifs is 1. The highest BCUT2D eigenvalue weighted by atomic mass is 16.5. The number of amides is 1. The van der Waals surface area contributed by atoms with Gasteiger partial charge in [0.15, 0.2) is 0 Å². The van der Waals surface area contributed by atoms with Gasteiger partial charge in [-0.3, -0.25) is 4.79 Å². The third kappa shape index (κ3) is 2.07. The monoisotopic (exact) mass is 248 g/mol. The number of para-hydroxylation sites is 1. The molecule has 3 unspecified atom stereocenters. The molecule has 1 fully saturated rings. The Hall–Kier alpha value is -1.59. The molecule has 0 aliphatic carbocycles. The SMILES string of the molecule is O=C(NC1COc2ccccc21)C1CC(O)CN1. The number of benzene rings is 1. The molecule has 3 rings (SSSR count). The van der Waals surface area contributed by atoms with E-state index in [1.807, 2.05) is 24.3 Å². The van der Waals surface area contributed by atoms with Crippen molar-refractivity contribution in [3.63, 3.8) is 0 Å². The molecule has 0 saturated carbocycles. The molecule has 1 aromatic rings. The van der Waals surface area contributed by atoms with Gasteiger partial charge < -0.3 is 20.5 Å². The van der Waals surface area contributed by atoms with Gasteiger partial charge in [0.2, 0.25) is 5.91 Å². The van der Waals surface area contributed by atoms with Crippen LogP contribution in [0.4, 0.5) is 0 Å². The second kappa shape index (κ2) is 4.59. The van der Waals surface area contributed by atoms with Gasteiger partial charge in [0.05, 0.1) is 18.2 Å². The predicted molar refractivity (Wildman–Crippen MR) is 65.2 cm³/mol. The first-order chi connectivity index (χ1) is 8.74. The number of rotatable bonds is 2. The summed E-state index contributed by atoms with van der Waals surface area (Å²) >= 11 is 0. The normalized spacial score (nSPS) is 29.7. The van der Waals surface area contributed by atoms with Crippen LogP contribution in [0.3, 0.4) is 0 Å². The van der Waals surface area contributed by atoms with Crippen LogP contribution in [0.1, 0.15) is 18.0 Å². The van der Waals surface area contributed by atoms with Crippen LogP contribution >= 0.6 is 0 Å². The lowest BCUT2D eigenvalue weighted by atomic mass is 10.1. The highest BCUT2D eigenvalue weighted by Crippen LogP contribution is 2.31. The predicted octanol–water partition coefficient (Wildman–Crippen LogP) is -0.0409. The minimum Gasteiger partial charge on any atom is -0.491 e. The van der Waals surface area contributed by atoms with E-state index in [1.165, 1.54) is 0 Å². The van der Waals surface area contributed by atoms with E-state index in [9.17, 15) is 9.90 Å². The molecule has 0 aromatic heterocycles. The summed E-state index contributed by atoms with van der Waals surface area (Å²) in [6, 6.07) is 7.33. The molecule has 3 N–H and O–H groups in total. The number of hydrogen-bond acceptors (Lipinski definition) is 4. The average molecular weight is 248 g/mol. The maximum atomic E-state index is 12.0. The molecular formula is C13H16N2O3. The van der Waals surface area contributed by atoms with Gasteiger partial charge in [0.25, 0.3) is 0 Å². The van der Waals surface area contributed by atoms with Crippen molar-refractivity contribution in [3.05, 3.63) is 29.8 Å². The Morgan fingerprint density at radius 2 is 2.28 bits per heavy atom. The zero-order chi connectivity index (χ0) is 12.5. The molecule has 18 heavy (non-hydrogen) atoms. The maximum absolute atomic E-state index is 12.0. The number of aliphatic hydroxyl groups excluding tert-OH is 1. The van der Waals surface area contributed by atoms with Crippen molar-refractivity contribution in [2.75, 3.05) is 13.2 Å². The van der Waals surface area contributed by atoms with Crippen LogP contribution in [-0.2, 0) is 4.79 Å². The number of hydrogen-bond donors (Lipinski definition) is 3. The summed E-state index contributed by atoms with van der Waals surface area (Å²) in [4.78, 5) is 12.0. The third-order valence-corrected chi connectivity index (χ3v) is 3.44. The Balaban J connectivity index is 1.66. The van der Waals surface area contributed by atoms with E-state index in [2.05, 4.69) is 10.6 Å². The first-order valence-corrected chi connectivity index (χ1v) is 6.17. The second-order valence-corrected chi connectivity index (χ2v) is 4.76. The van der Waals surface area contributed by atoms with E-state index in [4.69, 9.17) is 4.74 Å². The average Bonchev–Trinajstić information content (AvgIpc) is 2.97. The fourth-order valence-electron chi connectivity index (χ4n) is 2.47. The molecule has 5 heteroatoms. The van der Waals surface area contributed by atoms with Crippen LogP contribution in [0, 0.1) is 0 Å². The number of ether oxygens (including phenoxy) is 1. The van der Waals surface area contributed by atoms with E-state index in [0.29, 0.717) is 19.6 Å². The topological polar surface area (TPSA) is 70.6 Å². The van der Waals surface area contributed by atoms with Crippen LogP contribution in [0.15, 0.2) is 24.3 Å². The van der Waals surface area contributed by atoms with Crippen LogP contribution in [-0.4, -0.2) is 36.3 Å². The first-order valence-electron chi connectivity index (χ1n) is 6.17. The minimum atomic E-state index is -0.423. The minimum absolute atomic E-state index is 0.0724. The van der Waals surface area contributed by atoms with Gasteiger partial charge in [-0.1, -0.05) is 18.2 Å². The molecule has 1 aromatic carbocycles. The van der Waals surface area contributed by atoms with Crippen LogP contribution < -0.4 is 15.4 Å². The molecule has 5 nitrogen and oxygen atoms in total. The highest BCUT2D eigenvalue weighted by molar-refractivity contribution is 5.82. The highest BCUT2D eigenvalue weighted by Gasteiger charge is 2.31. The van der Waals surface area contributed by atoms with Crippen molar-refractivity contribution < 1.29 is 14.6 Å². The Kier molecular flexibility index (Phi) is 2.93. The molecule has 2 aliphatic heterocycles. The van der Waals surface area contributed by atoms with Gasteiger partial charge in [-0.15, -0.1) is 0 Å². The number of carbonyl (C=O) groups excluding carboxylic acids is 1. The molecule has 1 saturated heterocycles. The summed E-state index contributed by atoms with van der Waals surface area (Å²) in [5.41, 5.74) is 1.02. The molecule has 0 radical (unpaired) electrons. The number of β-amino-alcohol motifs (C(OH)–C–C–N with tert-alkyl or cyclic N) is 1. The van der Waals surface area contributed by atoms with E-state index >= 15 is 0 Å². The lowest BCUT2D eigenvalue weighted by Gasteiger charge is -2.15. The van der Waals surface area contributed by atoms with E-state index in [-0.39, 0.29) is 18.0 Å². The zero-order valence-electron chi connectivity index (χ0n) is 9.93. The molecule has 2 heterocycles. The summed E-state index contributed by atoms with van der Waals surface area (Å²) < 4.78 is 5.51. The Morgan fingerprint density at radius 3 is 3.06 bits per heavy atom. The summed E-state index contributed by atoms with van der Waals surface area (Å²) in [5, 5.41) is 15.4. The summed E-state index contributed by atoms with van der Waals surface area (Å²) in [5.74, 6) is 0.763. The van der Waals surface area contributed by atoms with Crippen LogP contribution in [0.2, 0.25) is 0 Å². The number of aliphatic hydroxyl groups is 1. The van der Waals surface area contributed by atoms with Crippen LogP contribution in [0.25, 0.3) is 0 Å². The summed E-state index contributed by atoms with van der Waals surface area (Å²) in [7, 11) is 0. The summed E-state index contributed by atoms with van der Waals surface area (Å²) in [6.07, 6.45) is 0.0500. The van der Waals surface area contributed by atoms with Gasteiger partial charge >= 0.3 is 0 Å². The standard InChI is InChI=1S/C13H16N2O3/c16-8-5-10(14-6-8)13(17)15-11-7-18-12-4-2-1-3-9(11)12/h1-4,8,10-11,14,16H,5-7H2,(H,15,17). The van der Waals surface area contributed by atoms with E-state index < -0.39 is 6.10 Å². The van der Waals surface area contributed by atoms with Crippen molar-refractivity contribution in [1.82, 2.24) is 10.6 Å². The van der Waals surface area contributed by atoms with E-state index in [0.717, 1.165) is 11.3 Å². The van der Waals surface area contributed by atoms with Gasteiger partial charge in [-0.25, -0.2) is 0 Å². The summed E-state index contributed by atoms with van der Waals surface area (Å²) in [6.45, 7) is 0.955. The van der Waals surface area contributed by atoms with Gasteiger partial charge in [0, 0.05) is 12.1 Å². The Morgan fingerprint density at radius 1 is 1.44 bits per heavy atom. The van der Waals surface area contributed by atoms with Crippen molar-refractivity contribution in [1.29, 1.82) is 0 Å². The largest absolute Gasteiger partial charge is 0.491 e. The molecular weight excluding hydrogens is 232 g/mol. The molecule has 2 aliphatic rings. The third-order valence-electron chi connectivity index (χ3n) is 3.44. The van der Waals surface area contributed by atoms with Gasteiger partial charge in [-0.2, -0.15) is 0 Å². The zero-order valence-corrected chi connectivity index (χ0v) is 9.93. The Labute approximate surface area is 105 Å². The fourth-order valence-corrected chi connectivity index (χ4v) is 2.47. The molecule has 0 bridgehead atoms. The lowest BCUT2D eigenvalue weighted by Crippen LogP contribution is -2.42. The maximum Gasteiger partial charge on any atom is 0.237 e. The fraction of sp³-hybridized carbons (Fsp3) is 0.462. The first kappa shape index (κ1) is 11.5. The molecule has 1 amide bonds. The van der Waals surface area contributed by atoms with Crippen molar-refractivity contribution in [2.45, 2.75) is 24.6 Å². The molecule has 3 atom stereocenters. The smallest absolute Gasteiger partial charge is 0.237 e. The Bertz CT molecular complexity index is 463. The molecule has 96 valence electrons. The van der Waals surface area contributed by atoms with Crippen molar-refractivity contribution in [2.24, 2.45) is 0 Å². The lowest BCUT2D eigenvalue weighted by molar-refractivity contribution is -0.123.